The lowest BCUT2D eigenvalue weighted by atomic mass is 10.1. The number of hydrogen-bond acceptors (Lipinski definition) is 2. The maximum Gasteiger partial charge on any atom is 0.337 e. The molecule has 3 aromatic rings. The number of hydrogen-bond donors (Lipinski definition) is 3. The zero-order valence-corrected chi connectivity index (χ0v) is 11.0. The molecule has 21 heavy (non-hydrogen) atoms. The van der Waals surface area contributed by atoms with E-state index in [0.29, 0.717) is 5.56 Å². The van der Waals surface area contributed by atoms with Crippen molar-refractivity contribution in [3.63, 3.8) is 0 Å². The molecule has 0 aliphatic carbocycles. The van der Waals surface area contributed by atoms with Crippen molar-refractivity contribution in [2.24, 2.45) is 0 Å². The molecule has 1 heterocycles. The van der Waals surface area contributed by atoms with E-state index in [2.05, 4.69) is 10.3 Å². The first-order valence-electron chi connectivity index (χ1n) is 6.36. The Morgan fingerprint density at radius 3 is 2.52 bits per heavy atom. The summed E-state index contributed by atoms with van der Waals surface area (Å²) in [7, 11) is 0. The maximum atomic E-state index is 12.4. The molecule has 5 heteroatoms. The zero-order chi connectivity index (χ0) is 14.8. The number of carbonyl (C=O) groups excluding carboxylic acids is 1. The fourth-order valence-corrected chi connectivity index (χ4v) is 2.24. The van der Waals surface area contributed by atoms with Crippen LogP contribution in [0.4, 0.5) is 5.69 Å². The second kappa shape index (κ2) is 5.13. The average molecular weight is 280 g/mol. The number of aromatic nitrogens is 1. The van der Waals surface area contributed by atoms with E-state index in [9.17, 15) is 9.59 Å². The fraction of sp³-hybridized carbons (Fsp3) is 0. The Hall–Kier alpha value is -3.08. The second-order valence-electron chi connectivity index (χ2n) is 4.55. The van der Waals surface area contributed by atoms with Crippen LogP contribution in [0.1, 0.15) is 20.7 Å². The van der Waals surface area contributed by atoms with Gasteiger partial charge in [-0.2, -0.15) is 0 Å². The van der Waals surface area contributed by atoms with E-state index in [4.69, 9.17) is 5.11 Å². The van der Waals surface area contributed by atoms with E-state index in [1.165, 1.54) is 6.07 Å². The Labute approximate surface area is 120 Å². The Kier molecular flexibility index (Phi) is 3.16. The highest BCUT2D eigenvalue weighted by atomic mass is 16.4. The zero-order valence-electron chi connectivity index (χ0n) is 11.0. The van der Waals surface area contributed by atoms with E-state index < -0.39 is 5.97 Å². The first-order chi connectivity index (χ1) is 10.2. The smallest absolute Gasteiger partial charge is 0.337 e. The average Bonchev–Trinajstić information content (AvgIpc) is 2.95. The van der Waals surface area contributed by atoms with Gasteiger partial charge in [0.1, 0.15) is 0 Å². The number of rotatable bonds is 3. The van der Waals surface area contributed by atoms with E-state index >= 15 is 0 Å². The summed E-state index contributed by atoms with van der Waals surface area (Å²) in [6.07, 6.45) is 1.76. The molecule has 0 radical (unpaired) electrons. The van der Waals surface area contributed by atoms with Crippen LogP contribution in [-0.2, 0) is 0 Å². The number of fused-ring (bicyclic) bond motifs is 1. The minimum Gasteiger partial charge on any atom is -0.478 e. The van der Waals surface area contributed by atoms with Gasteiger partial charge in [0.2, 0.25) is 0 Å². The van der Waals surface area contributed by atoms with Gasteiger partial charge in [-0.1, -0.05) is 24.3 Å². The summed E-state index contributed by atoms with van der Waals surface area (Å²) in [5, 5.41) is 12.7. The second-order valence-corrected chi connectivity index (χ2v) is 4.55. The summed E-state index contributed by atoms with van der Waals surface area (Å²) in [5.74, 6) is -1.43. The van der Waals surface area contributed by atoms with Gasteiger partial charge >= 0.3 is 5.97 Å². The molecule has 0 bridgehead atoms. The van der Waals surface area contributed by atoms with Crippen LogP contribution in [0, 0.1) is 0 Å². The molecule has 1 aromatic heterocycles. The largest absolute Gasteiger partial charge is 0.478 e. The molecule has 0 saturated heterocycles. The van der Waals surface area contributed by atoms with Gasteiger partial charge < -0.3 is 15.4 Å². The number of carboxylic acids is 1. The van der Waals surface area contributed by atoms with Crippen LogP contribution in [0.25, 0.3) is 10.9 Å². The number of carboxylic acid groups (broad SMARTS) is 1. The number of anilines is 1. The molecule has 0 fully saturated rings. The summed E-state index contributed by atoms with van der Waals surface area (Å²) in [6.45, 7) is 0. The SMILES string of the molecule is O=C(O)c1ccccc1NC(=O)c1cccc2cc[nH]c12. The normalized spacial score (nSPS) is 10.5. The molecule has 104 valence electrons. The summed E-state index contributed by atoms with van der Waals surface area (Å²) in [4.78, 5) is 26.5. The monoisotopic (exact) mass is 280 g/mol. The van der Waals surface area contributed by atoms with Crippen molar-refractivity contribution in [2.75, 3.05) is 5.32 Å². The molecule has 0 spiro atoms. The highest BCUT2D eigenvalue weighted by Crippen LogP contribution is 2.20. The third kappa shape index (κ3) is 2.36. The minimum atomic E-state index is -1.08. The summed E-state index contributed by atoms with van der Waals surface area (Å²) in [6, 6.07) is 13.6. The summed E-state index contributed by atoms with van der Waals surface area (Å²) >= 11 is 0. The predicted octanol–water partition coefficient (Wildman–Crippen LogP) is 3.12. The molecule has 0 atom stereocenters. The number of carbonyl (C=O) groups is 2. The lowest BCUT2D eigenvalue weighted by molar-refractivity contribution is 0.0698. The van der Waals surface area contributed by atoms with Gasteiger partial charge in [-0.25, -0.2) is 4.79 Å². The van der Waals surface area contributed by atoms with Crippen LogP contribution >= 0.6 is 0 Å². The Morgan fingerprint density at radius 2 is 1.71 bits per heavy atom. The number of benzene rings is 2. The van der Waals surface area contributed by atoms with Crippen LogP contribution in [0.5, 0.6) is 0 Å². The number of aromatic amines is 1. The number of para-hydroxylation sites is 2. The van der Waals surface area contributed by atoms with Crippen molar-refractivity contribution in [1.29, 1.82) is 0 Å². The van der Waals surface area contributed by atoms with Gasteiger partial charge in [0.25, 0.3) is 5.91 Å². The lowest BCUT2D eigenvalue weighted by Crippen LogP contribution is -2.15. The molecule has 0 unspecified atom stereocenters. The van der Waals surface area contributed by atoms with Gasteiger partial charge in [0, 0.05) is 11.6 Å². The maximum absolute atomic E-state index is 12.4. The standard InChI is InChI=1S/C16H12N2O3/c19-15(12-6-3-4-10-8-9-17-14(10)12)18-13-7-2-1-5-11(13)16(20)21/h1-9,17H,(H,18,19)(H,20,21). The van der Waals surface area contributed by atoms with Crippen molar-refractivity contribution in [1.82, 2.24) is 4.98 Å². The number of aromatic carboxylic acids is 1. The first kappa shape index (κ1) is 12.9. The van der Waals surface area contributed by atoms with Gasteiger partial charge in [0.15, 0.2) is 0 Å². The predicted molar refractivity (Wildman–Crippen MR) is 79.7 cm³/mol. The van der Waals surface area contributed by atoms with Crippen LogP contribution in [0.15, 0.2) is 54.7 Å². The Morgan fingerprint density at radius 1 is 0.952 bits per heavy atom. The number of amides is 1. The summed E-state index contributed by atoms with van der Waals surface area (Å²) < 4.78 is 0. The van der Waals surface area contributed by atoms with Gasteiger partial charge in [-0.15, -0.1) is 0 Å². The number of H-pyrrole nitrogens is 1. The molecule has 3 rings (SSSR count). The van der Waals surface area contributed by atoms with Crippen molar-refractivity contribution in [3.05, 3.63) is 65.9 Å². The van der Waals surface area contributed by atoms with Gasteiger partial charge in [0.05, 0.1) is 22.3 Å². The molecule has 0 aliphatic heterocycles. The fourth-order valence-electron chi connectivity index (χ4n) is 2.24. The summed E-state index contributed by atoms with van der Waals surface area (Å²) in [5.41, 5.74) is 1.53. The van der Waals surface area contributed by atoms with E-state index in [-0.39, 0.29) is 17.2 Å². The van der Waals surface area contributed by atoms with Crippen LogP contribution < -0.4 is 5.32 Å². The molecular formula is C16H12N2O3. The highest BCUT2D eigenvalue weighted by Gasteiger charge is 2.15. The van der Waals surface area contributed by atoms with E-state index in [1.54, 1.807) is 36.5 Å². The van der Waals surface area contributed by atoms with Gasteiger partial charge in [-0.3, -0.25) is 4.79 Å². The van der Waals surface area contributed by atoms with Crippen LogP contribution in [0.3, 0.4) is 0 Å². The van der Waals surface area contributed by atoms with Gasteiger partial charge in [-0.05, 0) is 24.3 Å². The molecule has 0 saturated carbocycles. The van der Waals surface area contributed by atoms with Crippen LogP contribution in [0.2, 0.25) is 0 Å². The highest BCUT2D eigenvalue weighted by molar-refractivity contribution is 6.13. The van der Waals surface area contributed by atoms with E-state index in [0.717, 1.165) is 10.9 Å². The molecule has 1 amide bonds. The van der Waals surface area contributed by atoms with Crippen molar-refractivity contribution in [3.8, 4) is 0 Å². The third-order valence-electron chi connectivity index (χ3n) is 3.24. The molecule has 3 N–H and O–H groups in total. The van der Waals surface area contributed by atoms with Crippen molar-refractivity contribution < 1.29 is 14.7 Å². The quantitative estimate of drug-likeness (QED) is 0.689. The Bertz CT molecular complexity index is 836. The van der Waals surface area contributed by atoms with E-state index in [1.807, 2.05) is 12.1 Å². The van der Waals surface area contributed by atoms with Crippen LogP contribution in [-0.4, -0.2) is 22.0 Å². The number of nitrogens with one attached hydrogen (secondary N) is 2. The molecular weight excluding hydrogens is 268 g/mol. The van der Waals surface area contributed by atoms with Crippen molar-refractivity contribution in [2.45, 2.75) is 0 Å². The lowest BCUT2D eigenvalue weighted by Gasteiger charge is -2.09. The molecule has 0 aliphatic rings. The Balaban J connectivity index is 1.97. The topological polar surface area (TPSA) is 82.2 Å². The van der Waals surface area contributed by atoms with Crippen molar-refractivity contribution >= 4 is 28.5 Å². The first-order valence-corrected chi connectivity index (χ1v) is 6.36. The third-order valence-corrected chi connectivity index (χ3v) is 3.24. The minimum absolute atomic E-state index is 0.0597. The molecule has 5 nitrogen and oxygen atoms in total. The molecule has 2 aromatic carbocycles.